The first-order valence-corrected chi connectivity index (χ1v) is 6.60. The van der Waals surface area contributed by atoms with Crippen molar-refractivity contribution in [1.82, 2.24) is 4.98 Å². The van der Waals surface area contributed by atoms with Crippen LogP contribution in [0.5, 0.6) is 0 Å². The Labute approximate surface area is 116 Å². The van der Waals surface area contributed by atoms with Gasteiger partial charge >= 0.3 is 5.97 Å². The first kappa shape index (κ1) is 12.9. The molecular weight excluding hydrogens is 316 g/mol. The van der Waals surface area contributed by atoms with E-state index in [0.717, 1.165) is 9.37 Å². The predicted molar refractivity (Wildman–Crippen MR) is 73.9 cm³/mol. The number of halogens is 1. The summed E-state index contributed by atoms with van der Waals surface area (Å²) in [7, 11) is 0. The van der Waals surface area contributed by atoms with Crippen molar-refractivity contribution in [2.24, 2.45) is 0 Å². The van der Waals surface area contributed by atoms with Gasteiger partial charge in [0, 0.05) is 15.6 Å². The van der Waals surface area contributed by atoms with Crippen LogP contribution in [0.2, 0.25) is 0 Å². The van der Waals surface area contributed by atoms with E-state index in [-0.39, 0.29) is 11.3 Å². The van der Waals surface area contributed by atoms with Gasteiger partial charge in [0.05, 0.1) is 11.3 Å². The number of pyridine rings is 1. The largest absolute Gasteiger partial charge is 0.478 e. The Bertz CT molecular complexity index is 604. The van der Waals surface area contributed by atoms with Crippen molar-refractivity contribution in [2.45, 2.75) is 9.92 Å². The molecule has 1 aromatic heterocycles. The monoisotopic (exact) mass is 324 g/mol. The topological polar surface area (TPSA) is 76.2 Å². The van der Waals surface area contributed by atoms with Crippen molar-refractivity contribution >= 4 is 39.3 Å². The van der Waals surface area contributed by atoms with E-state index < -0.39 is 5.97 Å². The predicted octanol–water partition coefficient (Wildman–Crippen LogP) is 3.28. The van der Waals surface area contributed by atoms with Gasteiger partial charge < -0.3 is 10.8 Å². The molecule has 0 aliphatic carbocycles. The molecule has 1 aromatic carbocycles. The van der Waals surface area contributed by atoms with Crippen LogP contribution >= 0.6 is 27.7 Å². The fourth-order valence-electron chi connectivity index (χ4n) is 1.35. The molecule has 4 nitrogen and oxygen atoms in total. The maximum Gasteiger partial charge on any atom is 0.337 e. The first-order chi connectivity index (χ1) is 8.59. The fraction of sp³-hybridized carbons (Fsp3) is 0. The molecule has 0 radical (unpaired) electrons. The third kappa shape index (κ3) is 2.65. The normalized spacial score (nSPS) is 10.3. The van der Waals surface area contributed by atoms with Crippen LogP contribution in [0.1, 0.15) is 10.4 Å². The van der Waals surface area contributed by atoms with E-state index in [1.807, 2.05) is 24.3 Å². The molecule has 0 atom stereocenters. The number of nitrogens with zero attached hydrogens (tertiary/aromatic N) is 1. The number of nitrogen functional groups attached to an aromatic ring is 1. The summed E-state index contributed by atoms with van der Waals surface area (Å²) in [6.45, 7) is 0. The van der Waals surface area contributed by atoms with Crippen LogP contribution in [0, 0.1) is 0 Å². The Morgan fingerprint density at radius 2 is 2.06 bits per heavy atom. The average molecular weight is 325 g/mol. The van der Waals surface area contributed by atoms with E-state index in [2.05, 4.69) is 20.9 Å². The van der Waals surface area contributed by atoms with Gasteiger partial charge in [-0.25, -0.2) is 9.78 Å². The van der Waals surface area contributed by atoms with Gasteiger partial charge in [0.15, 0.2) is 0 Å². The number of aromatic carboxylic acids is 1. The SMILES string of the molecule is Nc1c(C(=O)O)ccnc1Sc1ccccc1Br. The van der Waals surface area contributed by atoms with Gasteiger partial charge in [-0.3, -0.25) is 0 Å². The highest BCUT2D eigenvalue weighted by Crippen LogP contribution is 2.35. The molecule has 2 aromatic rings. The van der Waals surface area contributed by atoms with Crippen molar-refractivity contribution < 1.29 is 9.90 Å². The molecule has 92 valence electrons. The minimum Gasteiger partial charge on any atom is -0.478 e. The number of aromatic nitrogens is 1. The number of benzene rings is 1. The van der Waals surface area contributed by atoms with E-state index in [4.69, 9.17) is 10.8 Å². The smallest absolute Gasteiger partial charge is 0.337 e. The summed E-state index contributed by atoms with van der Waals surface area (Å²) < 4.78 is 0.914. The zero-order chi connectivity index (χ0) is 13.1. The molecule has 2 rings (SSSR count). The summed E-state index contributed by atoms with van der Waals surface area (Å²) in [5, 5.41) is 9.47. The molecule has 0 unspecified atom stereocenters. The quantitative estimate of drug-likeness (QED) is 0.906. The molecule has 3 N–H and O–H groups in total. The van der Waals surface area contributed by atoms with Gasteiger partial charge in [0.1, 0.15) is 5.03 Å². The van der Waals surface area contributed by atoms with E-state index in [9.17, 15) is 4.79 Å². The van der Waals surface area contributed by atoms with Crippen LogP contribution in [0.15, 0.2) is 50.9 Å². The van der Waals surface area contributed by atoms with Gasteiger partial charge in [-0.05, 0) is 34.1 Å². The third-order valence-corrected chi connectivity index (χ3v) is 4.28. The van der Waals surface area contributed by atoms with Gasteiger partial charge in [-0.2, -0.15) is 0 Å². The second kappa shape index (κ2) is 5.41. The summed E-state index contributed by atoms with van der Waals surface area (Å²) >= 11 is 4.75. The number of anilines is 1. The minimum absolute atomic E-state index is 0.0690. The number of hydrogen-bond acceptors (Lipinski definition) is 4. The van der Waals surface area contributed by atoms with Crippen LogP contribution in [-0.2, 0) is 0 Å². The van der Waals surface area contributed by atoms with E-state index in [1.165, 1.54) is 24.0 Å². The Morgan fingerprint density at radius 3 is 2.72 bits per heavy atom. The summed E-state index contributed by atoms with van der Waals surface area (Å²) in [6.07, 6.45) is 1.44. The number of carbonyl (C=O) groups is 1. The van der Waals surface area contributed by atoms with Crippen LogP contribution in [-0.4, -0.2) is 16.1 Å². The molecule has 0 amide bonds. The highest BCUT2D eigenvalue weighted by Gasteiger charge is 2.13. The molecular formula is C12H9BrN2O2S. The number of carboxylic acid groups (broad SMARTS) is 1. The Kier molecular flexibility index (Phi) is 3.88. The molecule has 0 saturated carbocycles. The van der Waals surface area contributed by atoms with Gasteiger partial charge in [-0.15, -0.1) is 0 Å². The van der Waals surface area contributed by atoms with E-state index in [0.29, 0.717) is 5.03 Å². The van der Waals surface area contributed by atoms with Crippen molar-refractivity contribution in [3.05, 3.63) is 46.6 Å². The minimum atomic E-state index is -1.05. The maximum absolute atomic E-state index is 11.0. The second-order valence-electron chi connectivity index (χ2n) is 3.41. The Balaban J connectivity index is 2.39. The summed E-state index contributed by atoms with van der Waals surface area (Å²) in [4.78, 5) is 16.0. The Hall–Kier alpha value is -1.53. The lowest BCUT2D eigenvalue weighted by Crippen LogP contribution is -2.04. The van der Waals surface area contributed by atoms with Crippen LogP contribution < -0.4 is 5.73 Å². The highest BCUT2D eigenvalue weighted by atomic mass is 79.9. The Morgan fingerprint density at radius 1 is 1.33 bits per heavy atom. The fourth-order valence-corrected chi connectivity index (χ4v) is 2.74. The molecule has 0 spiro atoms. The third-order valence-electron chi connectivity index (χ3n) is 2.23. The van der Waals surface area contributed by atoms with Gasteiger partial charge in [0.2, 0.25) is 0 Å². The molecule has 0 bridgehead atoms. The zero-order valence-electron chi connectivity index (χ0n) is 9.13. The van der Waals surface area contributed by atoms with Crippen LogP contribution in [0.25, 0.3) is 0 Å². The van der Waals surface area contributed by atoms with Crippen molar-refractivity contribution in [2.75, 3.05) is 5.73 Å². The molecule has 0 saturated heterocycles. The van der Waals surface area contributed by atoms with Crippen LogP contribution in [0.3, 0.4) is 0 Å². The lowest BCUT2D eigenvalue weighted by molar-refractivity contribution is 0.0697. The standard InChI is InChI=1S/C12H9BrN2O2S/c13-8-3-1-2-4-9(8)18-11-10(14)7(12(16)17)5-6-15-11/h1-6H,14H2,(H,16,17). The van der Waals surface area contributed by atoms with E-state index >= 15 is 0 Å². The van der Waals surface area contributed by atoms with Crippen molar-refractivity contribution in [1.29, 1.82) is 0 Å². The molecule has 0 aliphatic rings. The van der Waals surface area contributed by atoms with Gasteiger partial charge in [-0.1, -0.05) is 23.9 Å². The number of carboxylic acids is 1. The summed E-state index contributed by atoms with van der Waals surface area (Å²) in [5.41, 5.74) is 6.06. The lowest BCUT2D eigenvalue weighted by atomic mass is 10.2. The maximum atomic E-state index is 11.0. The zero-order valence-corrected chi connectivity index (χ0v) is 11.5. The number of rotatable bonds is 3. The average Bonchev–Trinajstić information content (AvgIpc) is 2.34. The molecule has 6 heteroatoms. The van der Waals surface area contributed by atoms with E-state index in [1.54, 1.807) is 0 Å². The first-order valence-electron chi connectivity index (χ1n) is 4.99. The molecule has 1 heterocycles. The lowest BCUT2D eigenvalue weighted by Gasteiger charge is -2.07. The van der Waals surface area contributed by atoms with Crippen molar-refractivity contribution in [3.8, 4) is 0 Å². The second-order valence-corrected chi connectivity index (χ2v) is 5.30. The molecule has 18 heavy (non-hydrogen) atoms. The number of nitrogens with two attached hydrogens (primary N) is 1. The summed E-state index contributed by atoms with van der Waals surface area (Å²) in [5.74, 6) is -1.05. The number of hydrogen-bond donors (Lipinski definition) is 2. The van der Waals surface area contributed by atoms with Crippen molar-refractivity contribution in [3.63, 3.8) is 0 Å². The summed E-state index contributed by atoms with van der Waals surface area (Å²) in [6, 6.07) is 8.99. The van der Waals surface area contributed by atoms with Crippen LogP contribution in [0.4, 0.5) is 5.69 Å². The van der Waals surface area contributed by atoms with Gasteiger partial charge in [0.25, 0.3) is 0 Å². The molecule has 0 aliphatic heterocycles. The molecule has 0 fully saturated rings. The highest BCUT2D eigenvalue weighted by molar-refractivity contribution is 9.10.